The summed E-state index contributed by atoms with van der Waals surface area (Å²) < 4.78 is 18.6. The van der Waals surface area contributed by atoms with Crippen molar-refractivity contribution in [2.24, 2.45) is 17.8 Å². The Bertz CT molecular complexity index is 476. The smallest absolute Gasteiger partial charge is 0.165 e. The molecular weight excluding hydrogens is 253 g/mol. The standard InChI is InChI=1S/C17H24FNO/c1-19-16(9-14-8-11-3-4-12(14)7-11)13-5-6-15(18)17(10-13)20-2/h5-6,10-12,14,16,19H,3-4,7-9H2,1-2H3. The molecule has 2 saturated carbocycles. The predicted molar refractivity (Wildman–Crippen MR) is 78.3 cm³/mol. The van der Waals surface area contributed by atoms with Crippen LogP contribution in [-0.4, -0.2) is 14.2 Å². The highest BCUT2D eigenvalue weighted by atomic mass is 19.1. The molecule has 3 heteroatoms. The molecule has 0 radical (unpaired) electrons. The lowest BCUT2D eigenvalue weighted by Gasteiger charge is -2.27. The number of ether oxygens (including phenoxy) is 1. The van der Waals surface area contributed by atoms with Crippen LogP contribution in [-0.2, 0) is 0 Å². The summed E-state index contributed by atoms with van der Waals surface area (Å²) in [6.07, 6.45) is 6.84. The number of nitrogens with one attached hydrogen (secondary N) is 1. The van der Waals surface area contributed by atoms with Gasteiger partial charge in [0.2, 0.25) is 0 Å². The van der Waals surface area contributed by atoms with Crippen LogP contribution in [0.2, 0.25) is 0 Å². The number of halogens is 1. The summed E-state index contributed by atoms with van der Waals surface area (Å²) >= 11 is 0. The highest BCUT2D eigenvalue weighted by Gasteiger charge is 2.40. The number of fused-ring (bicyclic) bond motifs is 2. The number of benzene rings is 1. The zero-order chi connectivity index (χ0) is 14.1. The lowest BCUT2D eigenvalue weighted by Crippen LogP contribution is -2.22. The first-order valence-electron chi connectivity index (χ1n) is 7.72. The molecule has 0 aromatic heterocycles. The zero-order valence-electron chi connectivity index (χ0n) is 12.4. The van der Waals surface area contributed by atoms with E-state index < -0.39 is 0 Å². The average molecular weight is 277 g/mol. The third kappa shape index (κ3) is 2.56. The van der Waals surface area contributed by atoms with Crippen LogP contribution in [0.25, 0.3) is 0 Å². The molecule has 2 bridgehead atoms. The zero-order valence-corrected chi connectivity index (χ0v) is 12.4. The van der Waals surface area contributed by atoms with Crippen molar-refractivity contribution in [1.29, 1.82) is 0 Å². The van der Waals surface area contributed by atoms with Gasteiger partial charge in [0.25, 0.3) is 0 Å². The molecule has 1 aromatic carbocycles. The summed E-state index contributed by atoms with van der Waals surface area (Å²) in [6.45, 7) is 0. The second-order valence-corrected chi connectivity index (χ2v) is 6.41. The molecule has 2 aliphatic rings. The predicted octanol–water partition coefficient (Wildman–Crippen LogP) is 3.92. The van der Waals surface area contributed by atoms with Gasteiger partial charge in [-0.05, 0) is 68.2 Å². The molecule has 4 unspecified atom stereocenters. The van der Waals surface area contributed by atoms with Gasteiger partial charge in [0.05, 0.1) is 7.11 Å². The van der Waals surface area contributed by atoms with Gasteiger partial charge in [-0.2, -0.15) is 0 Å². The Labute approximate surface area is 120 Å². The van der Waals surface area contributed by atoms with Crippen LogP contribution >= 0.6 is 0 Å². The van der Waals surface area contributed by atoms with E-state index in [-0.39, 0.29) is 5.82 Å². The third-order valence-electron chi connectivity index (χ3n) is 5.35. The number of hydrogen-bond acceptors (Lipinski definition) is 2. The second-order valence-electron chi connectivity index (χ2n) is 6.41. The Kier molecular flexibility index (Phi) is 3.97. The van der Waals surface area contributed by atoms with E-state index >= 15 is 0 Å². The van der Waals surface area contributed by atoms with Crippen molar-refractivity contribution < 1.29 is 9.13 Å². The molecule has 2 nitrogen and oxygen atoms in total. The fourth-order valence-electron chi connectivity index (χ4n) is 4.28. The van der Waals surface area contributed by atoms with Crippen LogP contribution < -0.4 is 10.1 Å². The highest BCUT2D eigenvalue weighted by Crippen LogP contribution is 2.51. The molecule has 0 spiro atoms. The lowest BCUT2D eigenvalue weighted by molar-refractivity contribution is 0.283. The van der Waals surface area contributed by atoms with Crippen LogP contribution in [0, 0.1) is 23.6 Å². The number of methoxy groups -OCH3 is 1. The van der Waals surface area contributed by atoms with Crippen LogP contribution in [0.15, 0.2) is 18.2 Å². The van der Waals surface area contributed by atoms with Crippen molar-refractivity contribution in [2.75, 3.05) is 14.2 Å². The Hall–Kier alpha value is -1.09. The maximum atomic E-state index is 13.5. The van der Waals surface area contributed by atoms with Gasteiger partial charge in [0, 0.05) is 6.04 Å². The van der Waals surface area contributed by atoms with Crippen molar-refractivity contribution in [1.82, 2.24) is 5.32 Å². The molecule has 0 heterocycles. The minimum absolute atomic E-state index is 0.286. The normalized spacial score (nSPS) is 29.6. The maximum Gasteiger partial charge on any atom is 0.165 e. The Morgan fingerprint density at radius 2 is 2.20 bits per heavy atom. The van der Waals surface area contributed by atoms with Gasteiger partial charge in [-0.3, -0.25) is 0 Å². The largest absolute Gasteiger partial charge is 0.494 e. The second kappa shape index (κ2) is 5.72. The molecule has 0 aliphatic heterocycles. The molecule has 2 fully saturated rings. The van der Waals surface area contributed by atoms with E-state index in [9.17, 15) is 4.39 Å². The minimum atomic E-state index is -0.286. The molecule has 3 rings (SSSR count). The molecule has 1 aromatic rings. The Balaban J connectivity index is 1.73. The average Bonchev–Trinajstić information content (AvgIpc) is 3.08. The van der Waals surface area contributed by atoms with Crippen LogP contribution in [0.3, 0.4) is 0 Å². The van der Waals surface area contributed by atoms with E-state index in [0.29, 0.717) is 11.8 Å². The van der Waals surface area contributed by atoms with Crippen molar-refractivity contribution >= 4 is 0 Å². The molecule has 20 heavy (non-hydrogen) atoms. The Morgan fingerprint density at radius 3 is 2.80 bits per heavy atom. The molecule has 1 N–H and O–H groups in total. The molecular formula is C17H24FNO. The van der Waals surface area contributed by atoms with E-state index in [4.69, 9.17) is 4.74 Å². The maximum absolute atomic E-state index is 13.5. The quantitative estimate of drug-likeness (QED) is 0.880. The van der Waals surface area contributed by atoms with Gasteiger partial charge in [0.1, 0.15) is 0 Å². The van der Waals surface area contributed by atoms with E-state index in [2.05, 4.69) is 5.32 Å². The molecule has 4 atom stereocenters. The van der Waals surface area contributed by atoms with Crippen molar-refractivity contribution in [3.8, 4) is 5.75 Å². The summed E-state index contributed by atoms with van der Waals surface area (Å²) in [6, 6.07) is 5.53. The molecule has 110 valence electrons. The lowest BCUT2D eigenvalue weighted by atomic mass is 9.83. The van der Waals surface area contributed by atoms with E-state index in [1.807, 2.05) is 19.2 Å². The van der Waals surface area contributed by atoms with Gasteiger partial charge in [-0.25, -0.2) is 4.39 Å². The summed E-state index contributed by atoms with van der Waals surface area (Å²) in [4.78, 5) is 0. The van der Waals surface area contributed by atoms with Crippen LogP contribution in [0.5, 0.6) is 5.75 Å². The SMILES string of the molecule is CNC(CC1CC2CCC1C2)c1ccc(F)c(OC)c1. The fraction of sp³-hybridized carbons (Fsp3) is 0.647. The Morgan fingerprint density at radius 1 is 1.35 bits per heavy atom. The highest BCUT2D eigenvalue weighted by molar-refractivity contribution is 5.32. The summed E-state index contributed by atoms with van der Waals surface area (Å²) in [5.74, 6) is 2.80. The van der Waals surface area contributed by atoms with Crippen molar-refractivity contribution in [3.05, 3.63) is 29.6 Å². The third-order valence-corrected chi connectivity index (χ3v) is 5.35. The first-order valence-corrected chi connectivity index (χ1v) is 7.72. The summed E-state index contributed by atoms with van der Waals surface area (Å²) in [7, 11) is 3.51. The van der Waals surface area contributed by atoms with E-state index in [1.165, 1.54) is 38.9 Å². The summed E-state index contributed by atoms with van der Waals surface area (Å²) in [5.41, 5.74) is 1.13. The minimum Gasteiger partial charge on any atom is -0.494 e. The number of rotatable bonds is 5. The van der Waals surface area contributed by atoms with E-state index in [1.54, 1.807) is 0 Å². The van der Waals surface area contributed by atoms with Crippen molar-refractivity contribution in [2.45, 2.75) is 38.1 Å². The van der Waals surface area contributed by atoms with Gasteiger partial charge >= 0.3 is 0 Å². The fourth-order valence-corrected chi connectivity index (χ4v) is 4.28. The first-order chi connectivity index (χ1) is 9.71. The van der Waals surface area contributed by atoms with Crippen LogP contribution in [0.1, 0.15) is 43.7 Å². The molecule has 0 amide bonds. The summed E-state index contributed by atoms with van der Waals surface area (Å²) in [5, 5.41) is 3.40. The van der Waals surface area contributed by atoms with Crippen LogP contribution in [0.4, 0.5) is 4.39 Å². The molecule has 0 saturated heterocycles. The van der Waals surface area contributed by atoms with Gasteiger partial charge in [-0.15, -0.1) is 0 Å². The van der Waals surface area contributed by atoms with Crippen molar-refractivity contribution in [3.63, 3.8) is 0 Å². The van der Waals surface area contributed by atoms with Gasteiger partial charge in [0.15, 0.2) is 11.6 Å². The van der Waals surface area contributed by atoms with Gasteiger partial charge in [-0.1, -0.05) is 12.5 Å². The van der Waals surface area contributed by atoms with E-state index in [0.717, 1.165) is 29.7 Å². The van der Waals surface area contributed by atoms with Gasteiger partial charge < -0.3 is 10.1 Å². The first kappa shape index (κ1) is 13.9. The topological polar surface area (TPSA) is 21.3 Å². The number of hydrogen-bond donors (Lipinski definition) is 1. The molecule has 2 aliphatic carbocycles. The monoisotopic (exact) mass is 277 g/mol.